The Hall–Kier alpha value is -1.94. The number of piperidine rings is 1. The van der Waals surface area contributed by atoms with Crippen LogP contribution in [0.25, 0.3) is 0 Å². The molecule has 172 valence electrons. The highest BCUT2D eigenvalue weighted by Crippen LogP contribution is 2.80. The van der Waals surface area contributed by atoms with E-state index in [4.69, 9.17) is 4.74 Å². The number of amides is 2. The molecule has 1 N–H and O–H groups in total. The Kier molecular flexibility index (Phi) is 5.50. The van der Waals surface area contributed by atoms with Crippen molar-refractivity contribution < 1.29 is 41.1 Å². The lowest BCUT2D eigenvalue weighted by Gasteiger charge is -2.40. The molecule has 0 aromatic rings. The zero-order chi connectivity index (χ0) is 23.7. The molecule has 4 atom stereocenters. The minimum Gasteiger partial charge on any atom is -0.467 e. The van der Waals surface area contributed by atoms with Crippen molar-refractivity contribution in [3.05, 3.63) is 0 Å². The third-order valence-electron chi connectivity index (χ3n) is 6.61. The molecule has 3 unspecified atom stereocenters. The second-order valence-corrected chi connectivity index (χ2v) is 9.72. The number of nitrogens with zero attached hydrogens (tertiary/aromatic N) is 1. The summed E-state index contributed by atoms with van der Waals surface area (Å²) in [5.41, 5.74) is -4.12. The fraction of sp³-hybridized carbons (Fsp3) is 0.842. The Bertz CT molecular complexity index is 741. The number of fused-ring (bicyclic) bond motifs is 1. The van der Waals surface area contributed by atoms with Gasteiger partial charge in [-0.15, -0.1) is 0 Å². The minimum atomic E-state index is -5.24. The molecule has 6 nitrogen and oxygen atoms in total. The molecule has 0 bridgehead atoms. The molecule has 0 aromatic heterocycles. The van der Waals surface area contributed by atoms with Crippen LogP contribution < -0.4 is 5.32 Å². The number of hydrogen-bond acceptors (Lipinski definition) is 4. The SMILES string of the molecule is COC(=O)C1N(C(=O)[C@@H](NC(=O)C(F)(F)F)C(C)(C)C)CC2C(C)(C)C12C(C)(F)F. The average Bonchev–Trinajstić information content (AvgIpc) is 2.89. The van der Waals surface area contributed by atoms with E-state index in [1.807, 2.05) is 0 Å². The molecule has 11 heteroatoms. The van der Waals surface area contributed by atoms with Gasteiger partial charge in [0.1, 0.15) is 12.1 Å². The van der Waals surface area contributed by atoms with E-state index in [0.29, 0.717) is 6.92 Å². The van der Waals surface area contributed by atoms with E-state index in [0.717, 1.165) is 12.0 Å². The molecule has 30 heavy (non-hydrogen) atoms. The van der Waals surface area contributed by atoms with Gasteiger partial charge in [-0.3, -0.25) is 9.59 Å². The number of likely N-dealkylation sites (tertiary alicyclic amines) is 1. The maximum Gasteiger partial charge on any atom is 0.471 e. The van der Waals surface area contributed by atoms with Crippen molar-refractivity contribution in [2.45, 2.75) is 65.7 Å². The van der Waals surface area contributed by atoms with Crippen LogP contribution in [0.1, 0.15) is 41.5 Å². The Morgan fingerprint density at radius 3 is 1.93 bits per heavy atom. The van der Waals surface area contributed by atoms with Crippen LogP contribution in [0.3, 0.4) is 0 Å². The van der Waals surface area contributed by atoms with Crippen LogP contribution >= 0.6 is 0 Å². The molecule has 0 aromatic carbocycles. The van der Waals surface area contributed by atoms with Crippen LogP contribution in [-0.2, 0) is 19.1 Å². The zero-order valence-electron chi connectivity index (χ0n) is 17.9. The molecule has 2 aliphatic rings. The second kappa shape index (κ2) is 6.78. The molecule has 2 fully saturated rings. The zero-order valence-corrected chi connectivity index (χ0v) is 17.9. The number of methoxy groups -OCH3 is 1. The van der Waals surface area contributed by atoms with E-state index in [1.165, 1.54) is 20.8 Å². The lowest BCUT2D eigenvalue weighted by molar-refractivity contribution is -0.177. The molecule has 0 radical (unpaired) electrons. The van der Waals surface area contributed by atoms with E-state index in [1.54, 1.807) is 19.2 Å². The number of hydrogen-bond donors (Lipinski definition) is 1. The lowest BCUT2D eigenvalue weighted by atomic mass is 9.81. The molecule has 1 aliphatic carbocycles. The molecule has 2 amide bonds. The molecule has 1 saturated heterocycles. The molecule has 1 heterocycles. The second-order valence-electron chi connectivity index (χ2n) is 9.72. The first-order valence-electron chi connectivity index (χ1n) is 9.40. The summed E-state index contributed by atoms with van der Waals surface area (Å²) in [6.45, 7) is 7.77. The monoisotopic (exact) mass is 442 g/mol. The van der Waals surface area contributed by atoms with Gasteiger partial charge in [0.2, 0.25) is 5.91 Å². The third kappa shape index (κ3) is 3.33. The number of rotatable bonds is 4. The first-order valence-corrected chi connectivity index (χ1v) is 9.40. The standard InChI is InChI=1S/C19H27F5N2O4/c1-15(2,3)10(25-14(29)19(22,23)24)12(27)26-8-9-16(4,5)18(9,17(6,20)21)11(26)13(28)30-7/h9-11H,8H2,1-7H3,(H,25,29)/t9?,10-,11?,18?/m1/s1. The van der Waals surface area contributed by atoms with Gasteiger partial charge in [-0.05, 0) is 16.7 Å². The fourth-order valence-electron chi connectivity index (χ4n) is 5.15. The van der Waals surface area contributed by atoms with Gasteiger partial charge in [-0.1, -0.05) is 34.6 Å². The van der Waals surface area contributed by atoms with Crippen LogP contribution in [0, 0.1) is 22.2 Å². The minimum absolute atomic E-state index is 0.260. The van der Waals surface area contributed by atoms with Crippen LogP contribution in [-0.4, -0.2) is 60.5 Å². The highest BCUT2D eigenvalue weighted by Gasteiger charge is 2.88. The van der Waals surface area contributed by atoms with Gasteiger partial charge in [0, 0.05) is 13.5 Å². The number of halogens is 5. The topological polar surface area (TPSA) is 75.7 Å². The van der Waals surface area contributed by atoms with E-state index < -0.39 is 64.1 Å². The predicted octanol–water partition coefficient (Wildman–Crippen LogP) is 2.76. The summed E-state index contributed by atoms with van der Waals surface area (Å²) < 4.78 is 72.6. The van der Waals surface area contributed by atoms with Crippen LogP contribution in [0.4, 0.5) is 22.0 Å². The number of alkyl halides is 5. The Morgan fingerprint density at radius 2 is 1.57 bits per heavy atom. The smallest absolute Gasteiger partial charge is 0.467 e. The molecule has 1 aliphatic heterocycles. The van der Waals surface area contributed by atoms with Crippen molar-refractivity contribution in [3.8, 4) is 0 Å². The van der Waals surface area contributed by atoms with Gasteiger partial charge in [-0.2, -0.15) is 13.2 Å². The van der Waals surface area contributed by atoms with Gasteiger partial charge < -0.3 is 15.0 Å². The number of carbonyl (C=O) groups excluding carboxylic acids is 3. The van der Waals surface area contributed by atoms with Crippen LogP contribution in [0.15, 0.2) is 0 Å². The number of ether oxygens (including phenoxy) is 1. The number of carbonyl (C=O) groups is 3. The Balaban J connectivity index is 2.50. The van der Waals surface area contributed by atoms with Crippen molar-refractivity contribution in [2.24, 2.45) is 22.2 Å². The maximum atomic E-state index is 14.8. The predicted molar refractivity (Wildman–Crippen MR) is 95.3 cm³/mol. The van der Waals surface area contributed by atoms with Crippen molar-refractivity contribution in [1.82, 2.24) is 10.2 Å². The normalized spacial score (nSPS) is 29.1. The number of nitrogens with one attached hydrogen (secondary N) is 1. The van der Waals surface area contributed by atoms with Crippen molar-refractivity contribution >= 4 is 17.8 Å². The molecule has 1 saturated carbocycles. The van der Waals surface area contributed by atoms with E-state index in [-0.39, 0.29) is 6.54 Å². The fourth-order valence-corrected chi connectivity index (χ4v) is 5.15. The van der Waals surface area contributed by atoms with E-state index in [9.17, 15) is 36.3 Å². The van der Waals surface area contributed by atoms with Crippen LogP contribution in [0.2, 0.25) is 0 Å². The van der Waals surface area contributed by atoms with Gasteiger partial charge >= 0.3 is 18.1 Å². The van der Waals surface area contributed by atoms with E-state index >= 15 is 0 Å². The average molecular weight is 442 g/mol. The molecular formula is C19H27F5N2O4. The summed E-state index contributed by atoms with van der Waals surface area (Å²) in [5, 5.41) is 1.66. The van der Waals surface area contributed by atoms with Crippen molar-refractivity contribution in [1.29, 1.82) is 0 Å². The molecule has 2 rings (SSSR count). The first-order chi connectivity index (χ1) is 13.3. The summed E-state index contributed by atoms with van der Waals surface area (Å²) in [4.78, 5) is 38.1. The summed E-state index contributed by atoms with van der Waals surface area (Å²) in [5.74, 6) is -8.58. The largest absolute Gasteiger partial charge is 0.471 e. The summed E-state index contributed by atoms with van der Waals surface area (Å²) in [6, 6.07) is -3.38. The highest BCUT2D eigenvalue weighted by atomic mass is 19.4. The first kappa shape index (κ1) is 24.3. The van der Waals surface area contributed by atoms with Crippen molar-refractivity contribution in [2.75, 3.05) is 13.7 Å². The molecule has 0 spiro atoms. The quantitative estimate of drug-likeness (QED) is 0.537. The van der Waals surface area contributed by atoms with Crippen LogP contribution in [0.5, 0.6) is 0 Å². The van der Waals surface area contributed by atoms with Gasteiger partial charge in [0.15, 0.2) is 0 Å². The Labute approximate surface area is 171 Å². The van der Waals surface area contributed by atoms with Crippen molar-refractivity contribution in [3.63, 3.8) is 0 Å². The third-order valence-corrected chi connectivity index (χ3v) is 6.61. The summed E-state index contributed by atoms with van der Waals surface area (Å²) in [6.07, 6.45) is -5.24. The van der Waals surface area contributed by atoms with Gasteiger partial charge in [-0.25, -0.2) is 13.6 Å². The molecular weight excluding hydrogens is 415 g/mol. The summed E-state index contributed by atoms with van der Waals surface area (Å²) >= 11 is 0. The lowest BCUT2D eigenvalue weighted by Crippen LogP contribution is -2.61. The Morgan fingerprint density at radius 1 is 1.07 bits per heavy atom. The van der Waals surface area contributed by atoms with Gasteiger partial charge in [0.25, 0.3) is 5.92 Å². The van der Waals surface area contributed by atoms with Gasteiger partial charge in [0.05, 0.1) is 12.5 Å². The highest BCUT2D eigenvalue weighted by molar-refractivity contribution is 5.94. The maximum absolute atomic E-state index is 14.8. The van der Waals surface area contributed by atoms with E-state index in [2.05, 4.69) is 0 Å². The number of esters is 1. The summed E-state index contributed by atoms with van der Waals surface area (Å²) in [7, 11) is 0.988.